The van der Waals surface area contributed by atoms with Crippen molar-refractivity contribution in [2.75, 3.05) is 26.7 Å². The highest BCUT2D eigenvalue weighted by Crippen LogP contribution is 2.35. The zero-order valence-electron chi connectivity index (χ0n) is 29.4. The highest BCUT2D eigenvalue weighted by molar-refractivity contribution is 5.87. The fourth-order valence-electron chi connectivity index (χ4n) is 6.90. The zero-order chi connectivity index (χ0) is 34.5. The second kappa shape index (κ2) is 19.0. The zero-order valence-corrected chi connectivity index (χ0v) is 29.4. The van der Waals surface area contributed by atoms with Crippen LogP contribution in [0.5, 0.6) is 0 Å². The SMILES string of the molecule is CC(C)C[C@H](O)[C@H](O)[C@H](CC1CCCCC1)N(CC1CC1)C(=O)CCC(=O)N(CC(=O)N(C)CCc1ccncc1)Cc1ccccc1. The van der Waals surface area contributed by atoms with Crippen molar-refractivity contribution < 1.29 is 24.6 Å². The molecule has 1 aromatic heterocycles. The monoisotopic (exact) mass is 662 g/mol. The molecule has 0 spiro atoms. The average molecular weight is 663 g/mol. The van der Waals surface area contributed by atoms with Gasteiger partial charge in [-0.1, -0.05) is 76.3 Å². The number of aliphatic hydroxyl groups excluding tert-OH is 2. The number of nitrogens with zero attached hydrogens (tertiary/aromatic N) is 4. The number of hydrogen-bond donors (Lipinski definition) is 2. The van der Waals surface area contributed by atoms with Crippen LogP contribution in [0, 0.1) is 17.8 Å². The van der Waals surface area contributed by atoms with Crippen LogP contribution in [0.4, 0.5) is 0 Å². The van der Waals surface area contributed by atoms with Crippen molar-refractivity contribution in [2.45, 2.75) is 116 Å². The summed E-state index contributed by atoms with van der Waals surface area (Å²) in [6, 6.07) is 13.0. The van der Waals surface area contributed by atoms with Crippen LogP contribution in [-0.2, 0) is 27.3 Å². The summed E-state index contributed by atoms with van der Waals surface area (Å²) in [6.07, 6.45) is 11.1. The fourth-order valence-corrected chi connectivity index (χ4v) is 6.90. The van der Waals surface area contributed by atoms with Gasteiger partial charge >= 0.3 is 0 Å². The van der Waals surface area contributed by atoms with E-state index >= 15 is 0 Å². The predicted molar refractivity (Wildman–Crippen MR) is 188 cm³/mol. The smallest absolute Gasteiger partial charge is 0.241 e. The third-order valence-corrected chi connectivity index (χ3v) is 10.0. The molecule has 3 amide bonds. The molecule has 0 unspecified atom stereocenters. The highest BCUT2D eigenvalue weighted by atomic mass is 16.3. The van der Waals surface area contributed by atoms with Crippen molar-refractivity contribution in [3.05, 3.63) is 66.0 Å². The molecule has 2 saturated carbocycles. The van der Waals surface area contributed by atoms with E-state index in [0.717, 1.165) is 49.7 Å². The first-order valence-corrected chi connectivity index (χ1v) is 18.2. The number of aromatic nitrogens is 1. The Bertz CT molecular complexity index is 1270. The van der Waals surface area contributed by atoms with Gasteiger partial charge in [-0.3, -0.25) is 19.4 Å². The lowest BCUT2D eigenvalue weighted by Gasteiger charge is -2.40. The maximum Gasteiger partial charge on any atom is 0.241 e. The number of likely N-dealkylation sites (N-methyl/N-ethyl adjacent to an activating group) is 1. The topological polar surface area (TPSA) is 114 Å². The van der Waals surface area contributed by atoms with Crippen LogP contribution in [0.2, 0.25) is 0 Å². The molecule has 1 aromatic carbocycles. The molecule has 264 valence electrons. The molecule has 3 atom stereocenters. The van der Waals surface area contributed by atoms with E-state index in [0.29, 0.717) is 44.2 Å². The molecule has 0 bridgehead atoms. The Balaban J connectivity index is 1.45. The third-order valence-electron chi connectivity index (χ3n) is 10.0. The quantitative estimate of drug-likeness (QED) is 0.213. The van der Waals surface area contributed by atoms with Crippen molar-refractivity contribution in [3.63, 3.8) is 0 Å². The van der Waals surface area contributed by atoms with Crippen LogP contribution in [0.1, 0.15) is 95.6 Å². The Kier molecular flexibility index (Phi) is 14.9. The summed E-state index contributed by atoms with van der Waals surface area (Å²) in [5, 5.41) is 22.6. The number of aliphatic hydroxyl groups is 2. The molecule has 1 heterocycles. The summed E-state index contributed by atoms with van der Waals surface area (Å²) in [6.45, 7) is 5.30. The molecule has 2 aliphatic carbocycles. The second-order valence-electron chi connectivity index (χ2n) is 14.6. The van der Waals surface area contributed by atoms with Crippen molar-refractivity contribution in [1.82, 2.24) is 19.7 Å². The van der Waals surface area contributed by atoms with E-state index < -0.39 is 18.2 Å². The average Bonchev–Trinajstić information content (AvgIpc) is 3.92. The minimum atomic E-state index is -1.04. The fraction of sp³-hybridized carbons (Fsp3) is 0.641. The van der Waals surface area contributed by atoms with Crippen molar-refractivity contribution >= 4 is 17.7 Å². The largest absolute Gasteiger partial charge is 0.390 e. The summed E-state index contributed by atoms with van der Waals surface area (Å²) in [5.41, 5.74) is 1.99. The van der Waals surface area contributed by atoms with Gasteiger partial charge < -0.3 is 24.9 Å². The Labute approximate surface area is 287 Å². The van der Waals surface area contributed by atoms with Crippen LogP contribution in [0.25, 0.3) is 0 Å². The van der Waals surface area contributed by atoms with E-state index in [1.165, 1.54) is 6.42 Å². The Hall–Kier alpha value is -3.30. The van der Waals surface area contributed by atoms with Gasteiger partial charge in [-0.2, -0.15) is 0 Å². The van der Waals surface area contributed by atoms with Gasteiger partial charge in [0.05, 0.1) is 12.1 Å². The summed E-state index contributed by atoms with van der Waals surface area (Å²) in [7, 11) is 1.75. The number of carbonyl (C=O) groups excluding carboxylic acids is 3. The van der Waals surface area contributed by atoms with Crippen LogP contribution < -0.4 is 0 Å². The number of carbonyl (C=O) groups is 3. The van der Waals surface area contributed by atoms with Crippen LogP contribution >= 0.6 is 0 Å². The lowest BCUT2D eigenvalue weighted by molar-refractivity contribution is -0.144. The van der Waals surface area contributed by atoms with Gasteiger partial charge in [-0.25, -0.2) is 0 Å². The molecule has 2 N–H and O–H groups in total. The van der Waals surface area contributed by atoms with Gasteiger partial charge in [0.1, 0.15) is 12.6 Å². The summed E-state index contributed by atoms with van der Waals surface area (Å²) >= 11 is 0. The molecule has 0 saturated heterocycles. The first-order valence-electron chi connectivity index (χ1n) is 18.2. The van der Waals surface area contributed by atoms with E-state index in [4.69, 9.17) is 0 Å². The maximum absolute atomic E-state index is 14.1. The van der Waals surface area contributed by atoms with Crippen LogP contribution in [0.3, 0.4) is 0 Å². The van der Waals surface area contributed by atoms with Gasteiger partial charge in [0.2, 0.25) is 17.7 Å². The first-order chi connectivity index (χ1) is 23.1. The standard InChI is InChI=1S/C39H58N4O5/c1-29(2)24-35(44)39(48)34(25-31-10-6-4-7-11-31)43(27-33-14-15-33)37(46)17-16-36(45)42(26-32-12-8-5-9-13-32)28-38(47)41(3)23-20-30-18-21-40-22-19-30/h5,8-9,12-13,18-19,21-22,29,31,33-35,39,44,48H,4,6-7,10-11,14-17,20,23-28H2,1-3H3/t34-,35-,39+/m0/s1. The molecule has 4 rings (SSSR count). The Morgan fingerprint density at radius 2 is 1.50 bits per heavy atom. The number of amides is 3. The minimum Gasteiger partial charge on any atom is -0.390 e. The number of benzene rings is 1. The molecule has 2 aliphatic rings. The third kappa shape index (κ3) is 12.3. The molecule has 9 nitrogen and oxygen atoms in total. The molecular formula is C39H58N4O5. The van der Waals surface area contributed by atoms with Gasteiger partial charge in [0.15, 0.2) is 0 Å². The number of pyridine rings is 1. The first kappa shape index (κ1) is 37.5. The normalized spacial score (nSPS) is 17.0. The van der Waals surface area contributed by atoms with E-state index in [1.807, 2.05) is 61.2 Å². The van der Waals surface area contributed by atoms with E-state index in [9.17, 15) is 24.6 Å². The van der Waals surface area contributed by atoms with Gasteiger partial charge in [-0.15, -0.1) is 0 Å². The van der Waals surface area contributed by atoms with E-state index in [1.54, 1.807) is 29.2 Å². The maximum atomic E-state index is 14.1. The molecular weight excluding hydrogens is 604 g/mol. The second-order valence-corrected chi connectivity index (χ2v) is 14.6. The van der Waals surface area contributed by atoms with Gasteiger partial charge in [0.25, 0.3) is 0 Å². The minimum absolute atomic E-state index is 0.00290. The summed E-state index contributed by atoms with van der Waals surface area (Å²) < 4.78 is 0. The number of hydrogen-bond acceptors (Lipinski definition) is 6. The molecule has 2 fully saturated rings. The number of rotatable bonds is 19. The van der Waals surface area contributed by atoms with Crippen LogP contribution in [-0.4, -0.2) is 92.6 Å². The van der Waals surface area contributed by atoms with Crippen molar-refractivity contribution in [1.29, 1.82) is 0 Å². The highest BCUT2D eigenvalue weighted by Gasteiger charge is 2.39. The molecule has 0 radical (unpaired) electrons. The molecule has 48 heavy (non-hydrogen) atoms. The van der Waals surface area contributed by atoms with Gasteiger partial charge in [-0.05, 0) is 73.1 Å². The molecule has 2 aromatic rings. The Morgan fingerprint density at radius 3 is 2.15 bits per heavy atom. The molecule has 9 heteroatoms. The lowest BCUT2D eigenvalue weighted by atomic mass is 9.81. The van der Waals surface area contributed by atoms with Crippen molar-refractivity contribution in [3.8, 4) is 0 Å². The lowest BCUT2D eigenvalue weighted by Crippen LogP contribution is -2.53. The van der Waals surface area contributed by atoms with Crippen molar-refractivity contribution in [2.24, 2.45) is 17.8 Å². The molecule has 0 aliphatic heterocycles. The van der Waals surface area contributed by atoms with E-state index in [-0.39, 0.29) is 49.6 Å². The Morgan fingerprint density at radius 1 is 0.833 bits per heavy atom. The predicted octanol–water partition coefficient (Wildman–Crippen LogP) is 5.24. The van der Waals surface area contributed by atoms with Crippen LogP contribution in [0.15, 0.2) is 54.9 Å². The summed E-state index contributed by atoms with van der Waals surface area (Å²) in [4.78, 5) is 50.2. The van der Waals surface area contributed by atoms with Gasteiger partial charge in [0, 0.05) is 51.9 Å². The summed E-state index contributed by atoms with van der Waals surface area (Å²) in [5.74, 6) is 0.436. The van der Waals surface area contributed by atoms with E-state index in [2.05, 4.69) is 4.98 Å².